The fourth-order valence-electron chi connectivity index (χ4n) is 7.70. The van der Waals surface area contributed by atoms with Gasteiger partial charge < -0.3 is 20.3 Å². The van der Waals surface area contributed by atoms with E-state index in [2.05, 4.69) is 68.6 Å². The Balaban J connectivity index is 4.70. The molecular formula is C59H101NO5. The van der Waals surface area contributed by atoms with Crippen LogP contribution < -0.4 is 5.32 Å². The maximum Gasteiger partial charge on any atom is 0.306 e. The van der Waals surface area contributed by atoms with Gasteiger partial charge in [-0.1, -0.05) is 246 Å². The molecule has 0 saturated carbocycles. The van der Waals surface area contributed by atoms with Gasteiger partial charge in [0.25, 0.3) is 0 Å². The molecular weight excluding hydrogens is 803 g/mol. The van der Waals surface area contributed by atoms with Crippen molar-refractivity contribution in [3.8, 4) is 0 Å². The lowest BCUT2D eigenvalue weighted by molar-refractivity contribution is -0.151. The Hall–Kier alpha value is -3.22. The normalized spacial score (nSPS) is 14.0. The van der Waals surface area contributed by atoms with Crippen LogP contribution in [0.2, 0.25) is 0 Å². The number of nitrogens with one attached hydrogen (secondary N) is 1. The van der Waals surface area contributed by atoms with Gasteiger partial charge >= 0.3 is 5.97 Å². The molecule has 0 radical (unpaired) electrons. The smallest absolute Gasteiger partial charge is 0.306 e. The number of amides is 1. The van der Waals surface area contributed by atoms with Crippen molar-refractivity contribution in [3.05, 3.63) is 97.2 Å². The molecule has 3 atom stereocenters. The first kappa shape index (κ1) is 61.8. The number of hydrogen-bond donors (Lipinski definition) is 3. The number of rotatable bonds is 47. The van der Waals surface area contributed by atoms with Gasteiger partial charge in [0.1, 0.15) is 6.10 Å². The topological polar surface area (TPSA) is 95.9 Å². The number of aliphatic hydroxyl groups excluding tert-OH is 2. The van der Waals surface area contributed by atoms with Crippen LogP contribution >= 0.6 is 0 Å². The Bertz CT molecular complexity index is 1290. The summed E-state index contributed by atoms with van der Waals surface area (Å²) in [5, 5.41) is 23.8. The Labute approximate surface area is 401 Å². The molecule has 0 bridgehead atoms. The molecule has 0 rings (SSSR count). The second-order valence-corrected chi connectivity index (χ2v) is 18.0. The van der Waals surface area contributed by atoms with Crippen molar-refractivity contribution in [2.24, 2.45) is 0 Å². The van der Waals surface area contributed by atoms with Gasteiger partial charge in [0, 0.05) is 6.42 Å². The van der Waals surface area contributed by atoms with Gasteiger partial charge in [-0.3, -0.25) is 9.59 Å². The number of carbonyl (C=O) groups is 2. The minimum Gasteiger partial charge on any atom is -0.462 e. The van der Waals surface area contributed by atoms with Crippen LogP contribution in [0.15, 0.2) is 97.2 Å². The zero-order chi connectivity index (χ0) is 47.4. The molecule has 0 aliphatic rings. The van der Waals surface area contributed by atoms with E-state index in [0.717, 1.165) is 77.0 Å². The van der Waals surface area contributed by atoms with Crippen LogP contribution in [0.5, 0.6) is 0 Å². The fraction of sp³-hybridized carbons (Fsp3) is 0.695. The average Bonchev–Trinajstić information content (AvgIpc) is 3.30. The Kier molecular flexibility index (Phi) is 49.2. The fourth-order valence-corrected chi connectivity index (χ4v) is 7.70. The first-order valence-corrected chi connectivity index (χ1v) is 27.0. The molecule has 0 saturated heterocycles. The van der Waals surface area contributed by atoms with Crippen molar-refractivity contribution in [1.82, 2.24) is 5.32 Å². The summed E-state index contributed by atoms with van der Waals surface area (Å²) in [7, 11) is 0. The minimum atomic E-state index is -0.812. The summed E-state index contributed by atoms with van der Waals surface area (Å²) in [5.41, 5.74) is 0. The maximum atomic E-state index is 13.2. The molecule has 3 N–H and O–H groups in total. The van der Waals surface area contributed by atoms with Gasteiger partial charge in [0.2, 0.25) is 5.91 Å². The lowest BCUT2D eigenvalue weighted by atomic mass is 10.0. The van der Waals surface area contributed by atoms with Crippen LogP contribution in [0.3, 0.4) is 0 Å². The Morgan fingerprint density at radius 2 is 0.892 bits per heavy atom. The second kappa shape index (κ2) is 51.8. The number of hydrogen-bond acceptors (Lipinski definition) is 5. The number of unbranched alkanes of at least 4 members (excludes halogenated alkanes) is 23. The predicted octanol–water partition coefficient (Wildman–Crippen LogP) is 16.5. The largest absolute Gasteiger partial charge is 0.462 e. The monoisotopic (exact) mass is 904 g/mol. The summed E-state index contributed by atoms with van der Waals surface area (Å²) in [5.74, 6) is -0.588. The van der Waals surface area contributed by atoms with Crippen LogP contribution in [0.25, 0.3) is 0 Å². The number of allylic oxidation sites excluding steroid dienone is 16. The van der Waals surface area contributed by atoms with Gasteiger partial charge in [-0.2, -0.15) is 0 Å². The third-order valence-corrected chi connectivity index (χ3v) is 11.8. The minimum absolute atomic E-state index is 0.0290. The van der Waals surface area contributed by atoms with E-state index in [0.29, 0.717) is 19.3 Å². The molecule has 372 valence electrons. The van der Waals surface area contributed by atoms with E-state index in [-0.39, 0.29) is 31.3 Å². The molecule has 0 fully saturated rings. The molecule has 3 unspecified atom stereocenters. The number of esters is 1. The molecule has 0 spiro atoms. The van der Waals surface area contributed by atoms with E-state index in [4.69, 9.17) is 4.74 Å². The van der Waals surface area contributed by atoms with Crippen molar-refractivity contribution < 1.29 is 24.5 Å². The van der Waals surface area contributed by atoms with Crippen LogP contribution in [-0.2, 0) is 14.3 Å². The van der Waals surface area contributed by atoms with Gasteiger partial charge in [-0.15, -0.1) is 0 Å². The molecule has 0 aliphatic heterocycles. The van der Waals surface area contributed by atoms with Gasteiger partial charge in [-0.25, -0.2) is 0 Å². The van der Waals surface area contributed by atoms with E-state index in [1.54, 1.807) is 0 Å². The van der Waals surface area contributed by atoms with Crippen LogP contribution in [0.1, 0.15) is 239 Å². The highest BCUT2D eigenvalue weighted by Gasteiger charge is 2.24. The molecule has 1 amide bonds. The van der Waals surface area contributed by atoms with Gasteiger partial charge in [-0.05, 0) is 77.0 Å². The Morgan fingerprint density at radius 3 is 1.42 bits per heavy atom. The number of aliphatic hydroxyl groups is 2. The van der Waals surface area contributed by atoms with Crippen molar-refractivity contribution in [2.45, 2.75) is 257 Å². The van der Waals surface area contributed by atoms with E-state index in [1.165, 1.54) is 109 Å². The summed E-state index contributed by atoms with van der Waals surface area (Å²) in [6.45, 7) is 6.29. The number of ether oxygens (including phenoxy) is 1. The lowest BCUT2D eigenvalue weighted by Gasteiger charge is -2.24. The van der Waals surface area contributed by atoms with Crippen molar-refractivity contribution in [3.63, 3.8) is 0 Å². The summed E-state index contributed by atoms with van der Waals surface area (Å²) < 4.78 is 5.89. The SMILES string of the molecule is CC/C=C/C=C/C=C\C=C/C=C/CCCC(=O)OC(CCCCCC/C=C\C/C=C\C/C=C\CCCCC)CC(=O)NC(CO)C(O)CCCCCCCCCCCCCCCCCC. The second-order valence-electron chi connectivity index (χ2n) is 18.0. The Morgan fingerprint density at radius 1 is 0.477 bits per heavy atom. The number of carbonyl (C=O) groups excluding carboxylic acids is 2. The molecule has 0 aromatic heterocycles. The highest BCUT2D eigenvalue weighted by Crippen LogP contribution is 2.17. The van der Waals surface area contributed by atoms with Crippen molar-refractivity contribution >= 4 is 11.9 Å². The van der Waals surface area contributed by atoms with Crippen LogP contribution in [0, 0.1) is 0 Å². The van der Waals surface area contributed by atoms with Crippen LogP contribution in [-0.4, -0.2) is 46.9 Å². The first-order valence-electron chi connectivity index (χ1n) is 27.0. The van der Waals surface area contributed by atoms with Crippen molar-refractivity contribution in [2.75, 3.05) is 6.61 Å². The average molecular weight is 904 g/mol. The molecule has 65 heavy (non-hydrogen) atoms. The van der Waals surface area contributed by atoms with E-state index in [1.807, 2.05) is 54.7 Å². The standard InChI is InChI=1S/C59H101NO5/c1-4-7-10-13-16-19-22-25-27-29-30-33-35-38-41-44-47-50-55(65-59(64)52-49-46-43-40-37-32-24-21-18-15-12-9-6-3)53-58(63)60-56(54-61)57(62)51-48-45-42-39-36-34-31-28-26-23-20-17-14-11-8-5-2/h9,12,15-16,18-19,21,24-25,27,30,32-33,37,40,43,55-57,61-62H,4-8,10-11,13-14,17,20,22-23,26,28-29,31,34-36,38-39,41-42,44-54H2,1-3H3,(H,60,63)/b12-9+,18-15+,19-16-,24-21-,27-25-,33-30-,37-32-,43-40+. The predicted molar refractivity (Wildman–Crippen MR) is 282 cm³/mol. The van der Waals surface area contributed by atoms with Gasteiger partial charge in [0.15, 0.2) is 0 Å². The van der Waals surface area contributed by atoms with Gasteiger partial charge in [0.05, 0.1) is 25.2 Å². The quantitative estimate of drug-likeness (QED) is 0.0245. The van der Waals surface area contributed by atoms with E-state index in [9.17, 15) is 19.8 Å². The summed E-state index contributed by atoms with van der Waals surface area (Å²) in [6, 6.07) is -0.730. The van der Waals surface area contributed by atoms with E-state index >= 15 is 0 Å². The molecule has 0 aromatic carbocycles. The molecule has 6 heteroatoms. The molecule has 6 nitrogen and oxygen atoms in total. The third-order valence-electron chi connectivity index (χ3n) is 11.8. The highest BCUT2D eigenvalue weighted by molar-refractivity contribution is 5.77. The van der Waals surface area contributed by atoms with Crippen LogP contribution in [0.4, 0.5) is 0 Å². The highest BCUT2D eigenvalue weighted by atomic mass is 16.5. The molecule has 0 aromatic rings. The summed E-state index contributed by atoms with van der Waals surface area (Å²) >= 11 is 0. The summed E-state index contributed by atoms with van der Waals surface area (Å²) in [4.78, 5) is 26.2. The third kappa shape index (κ3) is 47.1. The molecule has 0 aliphatic carbocycles. The summed E-state index contributed by atoms with van der Waals surface area (Å²) in [6.07, 6.45) is 69.0. The van der Waals surface area contributed by atoms with E-state index < -0.39 is 18.2 Å². The zero-order valence-electron chi connectivity index (χ0n) is 42.3. The molecule has 0 heterocycles. The first-order chi connectivity index (χ1) is 32.0. The van der Waals surface area contributed by atoms with Crippen molar-refractivity contribution in [1.29, 1.82) is 0 Å². The zero-order valence-corrected chi connectivity index (χ0v) is 42.3. The maximum absolute atomic E-state index is 13.2. The lowest BCUT2D eigenvalue weighted by Crippen LogP contribution is -2.46.